The number of ether oxygens (including phenoxy) is 1. The highest BCUT2D eigenvalue weighted by Crippen LogP contribution is 2.38. The van der Waals surface area contributed by atoms with Crippen molar-refractivity contribution in [3.05, 3.63) is 58.7 Å². The number of rotatable bonds is 4. The predicted molar refractivity (Wildman–Crippen MR) is 88.8 cm³/mol. The second-order valence-electron chi connectivity index (χ2n) is 6.09. The molecule has 0 aliphatic carbocycles. The number of phenols is 2. The molecule has 2 aromatic rings. The average molecular weight is 314 g/mol. The molecule has 2 rings (SSSR count). The van der Waals surface area contributed by atoms with E-state index >= 15 is 0 Å². The van der Waals surface area contributed by atoms with Gasteiger partial charge in [0.05, 0.1) is 13.5 Å². The third-order valence-corrected chi connectivity index (χ3v) is 4.39. The SMILES string of the molecule is COC(=O)CC(C)(c1ccc(O)c(C)c1)c1ccc(O)c(C)c1. The van der Waals surface area contributed by atoms with Crippen molar-refractivity contribution in [2.24, 2.45) is 0 Å². The second kappa shape index (κ2) is 6.32. The van der Waals surface area contributed by atoms with Crippen LogP contribution in [-0.2, 0) is 14.9 Å². The molecular weight excluding hydrogens is 292 g/mol. The Bertz CT molecular complexity index is 683. The maximum absolute atomic E-state index is 12.0. The Morgan fingerprint density at radius 3 is 1.78 bits per heavy atom. The Hall–Kier alpha value is -2.49. The smallest absolute Gasteiger partial charge is 0.306 e. The van der Waals surface area contributed by atoms with Crippen LogP contribution in [0.1, 0.15) is 35.6 Å². The highest BCUT2D eigenvalue weighted by Gasteiger charge is 2.33. The molecular formula is C19H22O4. The first-order chi connectivity index (χ1) is 10.8. The molecule has 23 heavy (non-hydrogen) atoms. The predicted octanol–water partition coefficient (Wildman–Crippen LogP) is 3.58. The monoisotopic (exact) mass is 314 g/mol. The fourth-order valence-corrected chi connectivity index (χ4v) is 2.73. The summed E-state index contributed by atoms with van der Waals surface area (Å²) in [7, 11) is 1.37. The van der Waals surface area contributed by atoms with Crippen LogP contribution in [0.4, 0.5) is 0 Å². The van der Waals surface area contributed by atoms with Gasteiger partial charge in [-0.2, -0.15) is 0 Å². The van der Waals surface area contributed by atoms with Gasteiger partial charge < -0.3 is 14.9 Å². The Morgan fingerprint density at radius 2 is 1.43 bits per heavy atom. The molecule has 2 N–H and O–H groups in total. The second-order valence-corrected chi connectivity index (χ2v) is 6.09. The molecule has 0 amide bonds. The summed E-state index contributed by atoms with van der Waals surface area (Å²) in [5.74, 6) is 0.121. The third-order valence-electron chi connectivity index (χ3n) is 4.39. The molecule has 4 heteroatoms. The quantitative estimate of drug-likeness (QED) is 0.846. The summed E-state index contributed by atoms with van der Waals surface area (Å²) in [6.07, 6.45) is 0.165. The summed E-state index contributed by atoms with van der Waals surface area (Å²) in [5.41, 5.74) is 2.68. The minimum Gasteiger partial charge on any atom is -0.508 e. The Morgan fingerprint density at radius 1 is 1.00 bits per heavy atom. The molecule has 0 heterocycles. The Balaban J connectivity index is 2.61. The molecule has 4 nitrogen and oxygen atoms in total. The first-order valence-corrected chi connectivity index (χ1v) is 7.45. The van der Waals surface area contributed by atoms with Gasteiger partial charge in [-0.15, -0.1) is 0 Å². The summed E-state index contributed by atoms with van der Waals surface area (Å²) in [6, 6.07) is 10.6. The van der Waals surface area contributed by atoms with Crippen LogP contribution in [0.2, 0.25) is 0 Å². The van der Waals surface area contributed by atoms with Crippen LogP contribution in [0.15, 0.2) is 36.4 Å². The van der Waals surface area contributed by atoms with Gasteiger partial charge in [0.1, 0.15) is 11.5 Å². The molecule has 0 aliphatic heterocycles. The molecule has 0 unspecified atom stereocenters. The van der Waals surface area contributed by atoms with Crippen molar-refractivity contribution < 1.29 is 19.7 Å². The van der Waals surface area contributed by atoms with Crippen molar-refractivity contribution in [1.29, 1.82) is 0 Å². The van der Waals surface area contributed by atoms with E-state index in [9.17, 15) is 15.0 Å². The van der Waals surface area contributed by atoms with Gasteiger partial charge in [-0.05, 0) is 48.2 Å². The van der Waals surface area contributed by atoms with E-state index in [0.717, 1.165) is 22.3 Å². The summed E-state index contributed by atoms with van der Waals surface area (Å²) in [4.78, 5) is 12.0. The van der Waals surface area contributed by atoms with Crippen LogP contribution < -0.4 is 0 Å². The van der Waals surface area contributed by atoms with Gasteiger partial charge in [0, 0.05) is 5.41 Å². The molecule has 0 bridgehead atoms. The van der Waals surface area contributed by atoms with E-state index in [1.54, 1.807) is 12.1 Å². The number of phenolic OH excluding ortho intramolecular Hbond substituents is 2. The van der Waals surface area contributed by atoms with Gasteiger partial charge in [-0.1, -0.05) is 31.2 Å². The number of hydrogen-bond donors (Lipinski definition) is 2. The van der Waals surface area contributed by atoms with Crippen LogP contribution in [-0.4, -0.2) is 23.3 Å². The van der Waals surface area contributed by atoms with Gasteiger partial charge in [-0.25, -0.2) is 0 Å². The number of methoxy groups -OCH3 is 1. The highest BCUT2D eigenvalue weighted by molar-refractivity contribution is 5.72. The van der Waals surface area contributed by atoms with Crippen molar-refractivity contribution >= 4 is 5.97 Å². The van der Waals surface area contributed by atoms with Crippen LogP contribution in [0.3, 0.4) is 0 Å². The molecule has 0 spiro atoms. The normalized spacial score (nSPS) is 11.3. The summed E-state index contributed by atoms with van der Waals surface area (Å²) < 4.78 is 4.86. The Labute approximate surface area is 136 Å². The van der Waals surface area contributed by atoms with Gasteiger partial charge in [0.15, 0.2) is 0 Å². The van der Waals surface area contributed by atoms with E-state index in [0.29, 0.717) is 0 Å². The lowest BCUT2D eigenvalue weighted by Gasteiger charge is -2.31. The van der Waals surface area contributed by atoms with Crippen LogP contribution in [0.5, 0.6) is 11.5 Å². The number of aryl methyl sites for hydroxylation is 2. The van der Waals surface area contributed by atoms with Gasteiger partial charge >= 0.3 is 5.97 Å². The molecule has 0 aliphatic rings. The van der Waals surface area contributed by atoms with Crippen LogP contribution in [0.25, 0.3) is 0 Å². The largest absolute Gasteiger partial charge is 0.508 e. The van der Waals surface area contributed by atoms with Crippen molar-refractivity contribution in [2.75, 3.05) is 7.11 Å². The van der Waals surface area contributed by atoms with Crippen molar-refractivity contribution in [1.82, 2.24) is 0 Å². The maximum Gasteiger partial charge on any atom is 0.306 e. The molecule has 0 atom stereocenters. The van der Waals surface area contributed by atoms with E-state index < -0.39 is 5.41 Å². The third kappa shape index (κ3) is 3.31. The molecule has 0 fully saturated rings. The summed E-state index contributed by atoms with van der Waals surface area (Å²) in [5, 5.41) is 19.5. The number of carbonyl (C=O) groups is 1. The molecule has 0 aromatic heterocycles. The first-order valence-electron chi connectivity index (χ1n) is 7.45. The van der Waals surface area contributed by atoms with E-state index in [4.69, 9.17) is 4.74 Å². The zero-order chi connectivity index (χ0) is 17.2. The molecule has 0 radical (unpaired) electrons. The van der Waals surface area contributed by atoms with Crippen LogP contribution >= 0.6 is 0 Å². The van der Waals surface area contributed by atoms with Gasteiger partial charge in [0.25, 0.3) is 0 Å². The van der Waals surface area contributed by atoms with Gasteiger partial charge in [0.2, 0.25) is 0 Å². The fourth-order valence-electron chi connectivity index (χ4n) is 2.73. The molecule has 2 aromatic carbocycles. The Kier molecular flexibility index (Phi) is 4.64. The first kappa shape index (κ1) is 16.9. The molecule has 0 saturated carbocycles. The van der Waals surface area contributed by atoms with E-state index in [2.05, 4.69) is 0 Å². The molecule has 0 saturated heterocycles. The van der Waals surface area contributed by atoms with Gasteiger partial charge in [-0.3, -0.25) is 4.79 Å². The van der Waals surface area contributed by atoms with Crippen molar-refractivity contribution in [2.45, 2.75) is 32.6 Å². The molecule has 122 valence electrons. The number of esters is 1. The van der Waals surface area contributed by atoms with Crippen molar-refractivity contribution in [3.8, 4) is 11.5 Å². The lowest BCUT2D eigenvalue weighted by molar-refractivity contribution is -0.141. The summed E-state index contributed by atoms with van der Waals surface area (Å²) >= 11 is 0. The standard InChI is InChI=1S/C19H22O4/c1-12-9-14(5-7-16(12)20)19(3,11-18(22)23-4)15-6-8-17(21)13(2)10-15/h5-10,20-21H,11H2,1-4H3. The lowest BCUT2D eigenvalue weighted by Crippen LogP contribution is -2.28. The van der Waals surface area contributed by atoms with Crippen molar-refractivity contribution in [3.63, 3.8) is 0 Å². The van der Waals surface area contributed by atoms with E-state index in [-0.39, 0.29) is 23.9 Å². The van der Waals surface area contributed by atoms with E-state index in [1.165, 1.54) is 7.11 Å². The number of aromatic hydroxyl groups is 2. The number of carbonyl (C=O) groups excluding carboxylic acids is 1. The topological polar surface area (TPSA) is 66.8 Å². The zero-order valence-electron chi connectivity index (χ0n) is 13.9. The highest BCUT2D eigenvalue weighted by atomic mass is 16.5. The minimum atomic E-state index is -0.621. The van der Waals surface area contributed by atoms with Crippen LogP contribution in [0, 0.1) is 13.8 Å². The van der Waals surface area contributed by atoms with E-state index in [1.807, 2.05) is 45.0 Å². The number of benzene rings is 2. The average Bonchev–Trinajstić information content (AvgIpc) is 2.52. The lowest BCUT2D eigenvalue weighted by atomic mass is 9.73. The minimum absolute atomic E-state index is 0.165. The summed E-state index contributed by atoms with van der Waals surface area (Å²) in [6.45, 7) is 5.60. The number of hydrogen-bond acceptors (Lipinski definition) is 4. The zero-order valence-corrected chi connectivity index (χ0v) is 13.9. The maximum atomic E-state index is 12.0. The fraction of sp³-hybridized carbons (Fsp3) is 0.316.